The maximum Gasteiger partial charge on any atom is 0.239 e. The quantitative estimate of drug-likeness (QED) is 0.880. The van der Waals surface area contributed by atoms with Gasteiger partial charge in [-0.1, -0.05) is 0 Å². The van der Waals surface area contributed by atoms with Crippen molar-refractivity contribution in [3.8, 4) is 0 Å². The minimum atomic E-state index is -0.00192. The number of anilines is 1. The van der Waals surface area contributed by atoms with Gasteiger partial charge in [0, 0.05) is 24.0 Å². The second kappa shape index (κ2) is 4.91. The van der Waals surface area contributed by atoms with E-state index >= 15 is 0 Å². The molecular weight excluding hydrogens is 248 g/mol. The average molecular weight is 262 g/mol. The third-order valence-corrected chi connectivity index (χ3v) is 4.05. The second-order valence-electron chi connectivity index (χ2n) is 4.35. The maximum absolute atomic E-state index is 11.8. The van der Waals surface area contributed by atoms with Gasteiger partial charge in [-0.15, -0.1) is 11.3 Å². The standard InChI is InChI=1S/C12H14N4OS/c17-12(14-11-1-4-13-15-11)8-16-5-2-10-9(7-16)3-6-18-10/h1,3-4,6H,2,5,7-8H2,(H2,13,14,15,17). The van der Waals surface area contributed by atoms with Crippen LogP contribution in [-0.2, 0) is 17.8 Å². The van der Waals surface area contributed by atoms with E-state index in [0.717, 1.165) is 19.5 Å². The van der Waals surface area contributed by atoms with Crippen LogP contribution in [0.3, 0.4) is 0 Å². The van der Waals surface area contributed by atoms with Crippen molar-refractivity contribution in [2.45, 2.75) is 13.0 Å². The Hall–Kier alpha value is -1.66. The van der Waals surface area contributed by atoms with Gasteiger partial charge < -0.3 is 5.32 Å². The van der Waals surface area contributed by atoms with E-state index in [4.69, 9.17) is 0 Å². The number of thiophene rings is 1. The van der Waals surface area contributed by atoms with Crippen LogP contribution < -0.4 is 5.32 Å². The summed E-state index contributed by atoms with van der Waals surface area (Å²) in [6, 6.07) is 3.89. The number of fused-ring (bicyclic) bond motifs is 1. The Bertz CT molecular complexity index is 534. The lowest BCUT2D eigenvalue weighted by atomic mass is 10.1. The molecule has 0 saturated heterocycles. The normalized spacial score (nSPS) is 15.3. The summed E-state index contributed by atoms with van der Waals surface area (Å²) in [5.41, 5.74) is 1.36. The number of hydrogen-bond donors (Lipinski definition) is 2. The fourth-order valence-electron chi connectivity index (χ4n) is 2.16. The number of nitrogens with zero attached hydrogens (tertiary/aromatic N) is 2. The van der Waals surface area contributed by atoms with Gasteiger partial charge in [-0.05, 0) is 23.4 Å². The zero-order valence-electron chi connectivity index (χ0n) is 9.85. The minimum absolute atomic E-state index is 0.00192. The largest absolute Gasteiger partial charge is 0.310 e. The average Bonchev–Trinajstić information content (AvgIpc) is 2.98. The molecule has 0 aliphatic carbocycles. The Kier molecular flexibility index (Phi) is 3.12. The summed E-state index contributed by atoms with van der Waals surface area (Å²) in [6.07, 6.45) is 2.67. The van der Waals surface area contributed by atoms with Gasteiger partial charge >= 0.3 is 0 Å². The first-order valence-corrected chi connectivity index (χ1v) is 6.76. The molecule has 0 aromatic carbocycles. The number of hydrogen-bond acceptors (Lipinski definition) is 4. The molecule has 0 saturated carbocycles. The van der Waals surface area contributed by atoms with Gasteiger partial charge in [0.25, 0.3) is 0 Å². The van der Waals surface area contributed by atoms with Crippen molar-refractivity contribution >= 4 is 23.1 Å². The molecule has 1 amide bonds. The van der Waals surface area contributed by atoms with E-state index in [9.17, 15) is 4.79 Å². The summed E-state index contributed by atoms with van der Waals surface area (Å²) in [7, 11) is 0. The zero-order valence-corrected chi connectivity index (χ0v) is 10.7. The lowest BCUT2D eigenvalue weighted by Crippen LogP contribution is -2.36. The van der Waals surface area contributed by atoms with Gasteiger partial charge in [0.05, 0.1) is 12.7 Å². The fourth-order valence-corrected chi connectivity index (χ4v) is 3.05. The van der Waals surface area contributed by atoms with E-state index in [1.54, 1.807) is 12.3 Å². The van der Waals surface area contributed by atoms with Crippen molar-refractivity contribution in [2.24, 2.45) is 0 Å². The molecule has 0 atom stereocenters. The van der Waals surface area contributed by atoms with E-state index in [0.29, 0.717) is 12.4 Å². The van der Waals surface area contributed by atoms with Crippen molar-refractivity contribution in [1.82, 2.24) is 15.1 Å². The van der Waals surface area contributed by atoms with Crippen molar-refractivity contribution in [3.63, 3.8) is 0 Å². The van der Waals surface area contributed by atoms with Gasteiger partial charge in [-0.3, -0.25) is 14.8 Å². The monoisotopic (exact) mass is 262 g/mol. The fraction of sp³-hybridized carbons (Fsp3) is 0.333. The predicted octanol–water partition coefficient (Wildman–Crippen LogP) is 1.47. The molecule has 6 heteroatoms. The SMILES string of the molecule is O=C(CN1CCc2sccc2C1)Nc1ccn[nH]1. The molecule has 1 aliphatic heterocycles. The molecule has 1 aliphatic rings. The van der Waals surface area contributed by atoms with Crippen LogP contribution in [-0.4, -0.2) is 34.1 Å². The number of aromatic nitrogens is 2. The maximum atomic E-state index is 11.8. The van der Waals surface area contributed by atoms with Crippen LogP contribution in [0, 0.1) is 0 Å². The number of carbonyl (C=O) groups is 1. The van der Waals surface area contributed by atoms with Crippen LogP contribution >= 0.6 is 11.3 Å². The Morgan fingerprint density at radius 3 is 3.33 bits per heavy atom. The van der Waals surface area contributed by atoms with Crippen LogP contribution in [0.15, 0.2) is 23.7 Å². The van der Waals surface area contributed by atoms with Crippen molar-refractivity contribution in [1.29, 1.82) is 0 Å². The van der Waals surface area contributed by atoms with Crippen LogP contribution in [0.2, 0.25) is 0 Å². The second-order valence-corrected chi connectivity index (χ2v) is 5.35. The number of rotatable bonds is 3. The Morgan fingerprint density at radius 2 is 2.50 bits per heavy atom. The van der Waals surface area contributed by atoms with Crippen molar-refractivity contribution < 1.29 is 4.79 Å². The van der Waals surface area contributed by atoms with Crippen molar-refractivity contribution in [3.05, 3.63) is 34.2 Å². The number of amides is 1. The molecule has 2 N–H and O–H groups in total. The van der Waals surface area contributed by atoms with Gasteiger partial charge in [-0.25, -0.2) is 0 Å². The topological polar surface area (TPSA) is 61.0 Å². The molecule has 3 rings (SSSR count). The van der Waals surface area contributed by atoms with Crippen LogP contribution in [0.5, 0.6) is 0 Å². The van der Waals surface area contributed by atoms with E-state index in [1.807, 2.05) is 11.3 Å². The van der Waals surface area contributed by atoms with Crippen molar-refractivity contribution in [2.75, 3.05) is 18.4 Å². The number of H-pyrrole nitrogens is 1. The lowest BCUT2D eigenvalue weighted by Gasteiger charge is -2.25. The van der Waals surface area contributed by atoms with Crippen LogP contribution in [0.4, 0.5) is 5.82 Å². The molecule has 2 aromatic rings. The van der Waals surface area contributed by atoms with E-state index in [-0.39, 0.29) is 5.91 Å². The first-order chi connectivity index (χ1) is 8.81. The first kappa shape index (κ1) is 11.4. The smallest absolute Gasteiger partial charge is 0.239 e. The van der Waals surface area contributed by atoms with Crippen LogP contribution in [0.25, 0.3) is 0 Å². The van der Waals surface area contributed by atoms with Gasteiger partial charge in [-0.2, -0.15) is 5.10 Å². The summed E-state index contributed by atoms with van der Waals surface area (Å²) in [4.78, 5) is 15.5. The zero-order chi connectivity index (χ0) is 12.4. The molecule has 94 valence electrons. The number of nitrogens with one attached hydrogen (secondary N) is 2. The molecular formula is C12H14N4OS. The van der Waals surface area contributed by atoms with E-state index < -0.39 is 0 Å². The highest BCUT2D eigenvalue weighted by Crippen LogP contribution is 2.23. The highest BCUT2D eigenvalue weighted by Gasteiger charge is 2.19. The Morgan fingerprint density at radius 1 is 1.56 bits per heavy atom. The summed E-state index contributed by atoms with van der Waals surface area (Å²) in [6.45, 7) is 2.24. The number of carbonyl (C=O) groups excluding carboxylic acids is 1. The molecule has 5 nitrogen and oxygen atoms in total. The molecule has 0 fully saturated rings. The first-order valence-electron chi connectivity index (χ1n) is 5.88. The van der Waals surface area contributed by atoms with Gasteiger partial charge in [0.15, 0.2) is 0 Å². The summed E-state index contributed by atoms with van der Waals surface area (Å²) >= 11 is 1.81. The minimum Gasteiger partial charge on any atom is -0.310 e. The van der Waals surface area contributed by atoms with Gasteiger partial charge in [0.2, 0.25) is 5.91 Å². The highest BCUT2D eigenvalue weighted by atomic mass is 32.1. The summed E-state index contributed by atoms with van der Waals surface area (Å²) in [5.74, 6) is 0.645. The lowest BCUT2D eigenvalue weighted by molar-refractivity contribution is -0.117. The summed E-state index contributed by atoms with van der Waals surface area (Å²) < 4.78 is 0. The Labute approximate surface area is 109 Å². The predicted molar refractivity (Wildman–Crippen MR) is 70.5 cm³/mol. The van der Waals surface area contributed by atoms with E-state index in [2.05, 4.69) is 31.9 Å². The summed E-state index contributed by atoms with van der Waals surface area (Å²) in [5, 5.41) is 11.4. The van der Waals surface area contributed by atoms with E-state index in [1.165, 1.54) is 10.4 Å². The molecule has 3 heterocycles. The third kappa shape index (κ3) is 2.44. The van der Waals surface area contributed by atoms with Gasteiger partial charge in [0.1, 0.15) is 5.82 Å². The van der Waals surface area contributed by atoms with Crippen LogP contribution in [0.1, 0.15) is 10.4 Å². The third-order valence-electron chi connectivity index (χ3n) is 3.03. The molecule has 0 spiro atoms. The number of aromatic amines is 1. The molecule has 0 unspecified atom stereocenters. The molecule has 0 radical (unpaired) electrons. The molecule has 2 aromatic heterocycles. The Balaban J connectivity index is 1.56. The highest BCUT2D eigenvalue weighted by molar-refractivity contribution is 7.10. The molecule has 0 bridgehead atoms. The molecule has 18 heavy (non-hydrogen) atoms.